The van der Waals surface area contributed by atoms with Crippen molar-refractivity contribution in [3.05, 3.63) is 0 Å². The highest BCUT2D eigenvalue weighted by Gasteiger charge is 1.92. The van der Waals surface area contributed by atoms with Crippen molar-refractivity contribution in [1.29, 1.82) is 0 Å². The van der Waals surface area contributed by atoms with Crippen LogP contribution in [0.15, 0.2) is 0 Å². The summed E-state index contributed by atoms with van der Waals surface area (Å²) in [4.78, 5) is 32.5. The van der Waals surface area contributed by atoms with E-state index in [1.54, 1.807) is 6.92 Å². The van der Waals surface area contributed by atoms with E-state index in [4.69, 9.17) is 14.7 Å². The van der Waals surface area contributed by atoms with Crippen molar-refractivity contribution in [1.82, 2.24) is 0 Å². The molecule has 0 aliphatic rings. The van der Waals surface area contributed by atoms with E-state index in [0.717, 1.165) is 0 Å². The summed E-state index contributed by atoms with van der Waals surface area (Å²) < 4.78 is 4.40. The lowest BCUT2D eigenvalue weighted by Crippen LogP contribution is -1.95. The van der Waals surface area contributed by atoms with Crippen molar-refractivity contribution in [2.24, 2.45) is 0 Å². The lowest BCUT2D eigenvalue weighted by molar-refractivity contribution is -0.140. The molecule has 0 unspecified atom stereocenters. The van der Waals surface area contributed by atoms with Gasteiger partial charge in [0.25, 0.3) is 0 Å². The van der Waals surface area contributed by atoms with Gasteiger partial charge < -0.3 is 19.4 Å². The summed E-state index contributed by atoms with van der Waals surface area (Å²) in [5, 5.41) is 0. The Morgan fingerprint density at radius 1 is 1.55 bits per heavy atom. The number of esters is 1. The van der Waals surface area contributed by atoms with Crippen molar-refractivity contribution in [2.45, 2.75) is 13.8 Å². The van der Waals surface area contributed by atoms with Crippen molar-refractivity contribution in [3.63, 3.8) is 0 Å². The van der Waals surface area contributed by atoms with Crippen LogP contribution in [0.3, 0.4) is 0 Å². The van der Waals surface area contributed by atoms with Gasteiger partial charge in [0.05, 0.1) is 6.61 Å². The quantitative estimate of drug-likeness (QED) is 0.401. The molecule has 3 N–H and O–H groups in total. The minimum Gasteiger partial charge on any atom is -0.466 e. The van der Waals surface area contributed by atoms with E-state index < -0.39 is 6.72 Å². The Morgan fingerprint density at radius 3 is 1.82 bits per heavy atom. The molecule has 0 aromatic carbocycles. The van der Waals surface area contributed by atoms with E-state index in [1.807, 2.05) is 0 Å². The molecule has 0 bridgehead atoms. The Bertz CT molecular complexity index is 144. The number of carbonyl (C=O) groups excluding carboxylic acids is 1. The van der Waals surface area contributed by atoms with Gasteiger partial charge in [-0.05, 0) is 18.7 Å². The summed E-state index contributed by atoms with van der Waals surface area (Å²) in [5.74, 6) is -0.211. The summed E-state index contributed by atoms with van der Waals surface area (Å²) >= 11 is 3.60. The second kappa shape index (κ2) is 6.69. The maximum Gasteiger partial charge on any atom is 0.319 e. The second-order valence-electron chi connectivity index (χ2n) is 1.44. The van der Waals surface area contributed by atoms with Crippen LogP contribution in [0.5, 0.6) is 0 Å². The Hall–Kier alpha value is -0.0000000000000000833. The molecular weight excluding hydrogens is 191 g/mol. The van der Waals surface area contributed by atoms with Crippen LogP contribution in [-0.2, 0) is 21.3 Å². The highest BCUT2D eigenvalue weighted by molar-refractivity contribution is 8.06. The Kier molecular flexibility index (Phi) is 8.26. The van der Waals surface area contributed by atoms with Gasteiger partial charge in [0.1, 0.15) is 0 Å². The first-order valence-electron chi connectivity index (χ1n) is 2.69. The molecule has 0 heterocycles. The van der Waals surface area contributed by atoms with Crippen LogP contribution in [0.2, 0.25) is 0 Å². The van der Waals surface area contributed by atoms with E-state index in [9.17, 15) is 4.79 Å². The third kappa shape index (κ3) is 71.1. The molecule has 0 fully saturated rings. The Morgan fingerprint density at radius 2 is 1.82 bits per heavy atom. The van der Waals surface area contributed by atoms with Crippen molar-refractivity contribution >= 4 is 24.5 Å². The molecule has 7 heteroatoms. The number of carbonyl (C=O) groups is 1. The van der Waals surface area contributed by atoms with Gasteiger partial charge in [-0.3, -0.25) is 4.79 Å². The average molecular weight is 202 g/mol. The third-order valence-electron chi connectivity index (χ3n) is 0.348. The molecular formula is C4H11O5PS. The van der Waals surface area contributed by atoms with Gasteiger partial charge in [-0.2, -0.15) is 0 Å². The maximum absolute atomic E-state index is 9.82. The zero-order valence-electron chi connectivity index (χ0n) is 6.22. The molecule has 0 spiro atoms. The molecule has 0 aromatic rings. The van der Waals surface area contributed by atoms with E-state index in [2.05, 4.69) is 16.5 Å². The maximum atomic E-state index is 9.82. The normalized spacial score (nSPS) is 9.55. The van der Waals surface area contributed by atoms with Gasteiger partial charge in [-0.1, -0.05) is 0 Å². The van der Waals surface area contributed by atoms with Crippen LogP contribution in [0, 0.1) is 0 Å². The molecule has 0 aliphatic carbocycles. The summed E-state index contributed by atoms with van der Waals surface area (Å²) in [7, 11) is 0. The molecule has 0 amide bonds. The number of hydrogen-bond acceptors (Lipinski definition) is 3. The molecule has 0 saturated heterocycles. The topological polar surface area (TPSA) is 87.0 Å². The van der Waals surface area contributed by atoms with E-state index in [1.165, 1.54) is 6.92 Å². The van der Waals surface area contributed by atoms with Gasteiger partial charge in [-0.25, -0.2) is 0 Å². The first-order chi connectivity index (χ1) is 4.77. The molecule has 0 radical (unpaired) electrons. The van der Waals surface area contributed by atoms with Gasteiger partial charge in [0.2, 0.25) is 0 Å². The molecule has 68 valence electrons. The zero-order valence-corrected chi connectivity index (χ0v) is 7.93. The van der Waals surface area contributed by atoms with Crippen molar-refractivity contribution in [2.75, 3.05) is 6.61 Å². The lowest BCUT2D eigenvalue weighted by atomic mass is 10.8. The van der Waals surface area contributed by atoms with Crippen LogP contribution < -0.4 is 0 Å². The molecule has 0 rings (SSSR count). The minimum atomic E-state index is -3.81. The third-order valence-corrected chi connectivity index (χ3v) is 0.348. The fraction of sp³-hybridized carbons (Fsp3) is 0.750. The van der Waals surface area contributed by atoms with Crippen LogP contribution in [-0.4, -0.2) is 27.3 Å². The fourth-order valence-corrected chi connectivity index (χ4v) is 0.203. The highest BCUT2D eigenvalue weighted by atomic mass is 32.5. The molecule has 5 nitrogen and oxygen atoms in total. The molecule has 0 saturated carbocycles. The second-order valence-corrected chi connectivity index (χ2v) is 3.93. The zero-order chi connectivity index (χ0) is 9.49. The van der Waals surface area contributed by atoms with Crippen molar-refractivity contribution in [3.8, 4) is 0 Å². The lowest BCUT2D eigenvalue weighted by Gasteiger charge is -1.89. The van der Waals surface area contributed by atoms with Gasteiger partial charge in [0.15, 0.2) is 0 Å². The number of rotatable bonds is 1. The molecule has 0 aromatic heterocycles. The summed E-state index contributed by atoms with van der Waals surface area (Å²) in [5.41, 5.74) is 0. The van der Waals surface area contributed by atoms with Gasteiger partial charge in [-0.15, -0.1) is 0 Å². The standard InChI is InChI=1S/C4H8O2.H3O3PS/c1-3-6-4(2)5;1-4(2,3)5/h3H2,1-2H3;(H3,1,2,3,5). The SMILES string of the molecule is CCOC(C)=O.OP(O)(O)=S. The fourth-order valence-electron chi connectivity index (χ4n) is 0.203. The predicted octanol–water partition coefficient (Wildman–Crippen LogP) is -0.243. The summed E-state index contributed by atoms with van der Waals surface area (Å²) in [6.45, 7) is -0.153. The minimum absolute atomic E-state index is 0.211. The predicted molar refractivity (Wildman–Crippen MR) is 43.2 cm³/mol. The van der Waals surface area contributed by atoms with Crippen molar-refractivity contribution < 1.29 is 24.2 Å². The van der Waals surface area contributed by atoms with Crippen LogP contribution in [0.4, 0.5) is 0 Å². The monoisotopic (exact) mass is 202 g/mol. The van der Waals surface area contributed by atoms with Crippen LogP contribution >= 0.6 is 6.72 Å². The summed E-state index contributed by atoms with van der Waals surface area (Å²) in [6, 6.07) is 0. The molecule has 11 heavy (non-hydrogen) atoms. The van der Waals surface area contributed by atoms with Crippen LogP contribution in [0.25, 0.3) is 0 Å². The average Bonchev–Trinajstić information content (AvgIpc) is 1.58. The van der Waals surface area contributed by atoms with E-state index in [-0.39, 0.29) is 5.97 Å². The van der Waals surface area contributed by atoms with Gasteiger partial charge in [0, 0.05) is 6.92 Å². The van der Waals surface area contributed by atoms with E-state index in [0.29, 0.717) is 6.61 Å². The Balaban J connectivity index is 0. The summed E-state index contributed by atoms with van der Waals surface area (Å²) in [6.07, 6.45) is 0. The largest absolute Gasteiger partial charge is 0.466 e. The van der Waals surface area contributed by atoms with E-state index >= 15 is 0 Å². The van der Waals surface area contributed by atoms with Gasteiger partial charge >= 0.3 is 12.7 Å². The van der Waals surface area contributed by atoms with Crippen LogP contribution in [0.1, 0.15) is 13.8 Å². The first kappa shape index (κ1) is 13.6. The Labute approximate surface area is 69.9 Å². The first-order valence-corrected chi connectivity index (χ1v) is 5.35. The smallest absolute Gasteiger partial charge is 0.319 e. The highest BCUT2D eigenvalue weighted by Crippen LogP contribution is 2.26. The molecule has 0 aliphatic heterocycles. The number of hydrogen-bond donors (Lipinski definition) is 3. The molecule has 0 atom stereocenters. The number of ether oxygens (including phenoxy) is 1.